The van der Waals surface area contributed by atoms with Gasteiger partial charge in [-0.3, -0.25) is 9.59 Å². The van der Waals surface area contributed by atoms with Gasteiger partial charge < -0.3 is 15.0 Å². The van der Waals surface area contributed by atoms with Crippen molar-refractivity contribution in [2.24, 2.45) is 0 Å². The van der Waals surface area contributed by atoms with Gasteiger partial charge in [0, 0.05) is 16.6 Å². The van der Waals surface area contributed by atoms with Crippen LogP contribution in [-0.2, 0) is 16.1 Å². The SMILES string of the molecule is COc1ccc(Br)cc1CN1CC(=O)NC(C)(C)C1=O. The zero-order valence-corrected chi connectivity index (χ0v) is 13.3. The summed E-state index contributed by atoms with van der Waals surface area (Å²) >= 11 is 3.40. The van der Waals surface area contributed by atoms with Gasteiger partial charge >= 0.3 is 0 Å². The molecule has 0 unspecified atom stereocenters. The maximum Gasteiger partial charge on any atom is 0.248 e. The minimum atomic E-state index is -0.866. The number of hydrogen-bond donors (Lipinski definition) is 1. The van der Waals surface area contributed by atoms with E-state index in [1.165, 1.54) is 0 Å². The van der Waals surface area contributed by atoms with E-state index >= 15 is 0 Å². The van der Waals surface area contributed by atoms with E-state index in [-0.39, 0.29) is 18.4 Å². The van der Waals surface area contributed by atoms with E-state index in [4.69, 9.17) is 4.74 Å². The highest BCUT2D eigenvalue weighted by molar-refractivity contribution is 9.10. The molecule has 2 amide bonds. The van der Waals surface area contributed by atoms with Crippen molar-refractivity contribution in [2.75, 3.05) is 13.7 Å². The van der Waals surface area contributed by atoms with Crippen LogP contribution >= 0.6 is 15.9 Å². The van der Waals surface area contributed by atoms with Gasteiger partial charge in [-0.15, -0.1) is 0 Å². The fraction of sp³-hybridized carbons (Fsp3) is 0.429. The highest BCUT2D eigenvalue weighted by Crippen LogP contribution is 2.26. The predicted octanol–water partition coefficient (Wildman–Crippen LogP) is 1.69. The van der Waals surface area contributed by atoms with Crippen LogP contribution < -0.4 is 10.1 Å². The van der Waals surface area contributed by atoms with Gasteiger partial charge in [-0.2, -0.15) is 0 Å². The van der Waals surface area contributed by atoms with Gasteiger partial charge in [-0.1, -0.05) is 15.9 Å². The Kier molecular flexibility index (Phi) is 4.04. The van der Waals surface area contributed by atoms with Crippen LogP contribution in [0.2, 0.25) is 0 Å². The summed E-state index contributed by atoms with van der Waals surface area (Å²) < 4.78 is 6.20. The molecular weight excluding hydrogens is 324 g/mol. The summed E-state index contributed by atoms with van der Waals surface area (Å²) in [6, 6.07) is 5.60. The zero-order chi connectivity index (χ0) is 14.9. The van der Waals surface area contributed by atoms with Gasteiger partial charge in [0.15, 0.2) is 0 Å². The van der Waals surface area contributed by atoms with Crippen LogP contribution in [0.5, 0.6) is 5.75 Å². The van der Waals surface area contributed by atoms with Crippen LogP contribution in [-0.4, -0.2) is 35.9 Å². The molecule has 0 saturated carbocycles. The monoisotopic (exact) mass is 340 g/mol. The van der Waals surface area contributed by atoms with E-state index < -0.39 is 5.54 Å². The number of nitrogens with zero attached hydrogens (tertiary/aromatic N) is 1. The van der Waals surface area contributed by atoms with Crippen LogP contribution in [0.15, 0.2) is 22.7 Å². The minimum Gasteiger partial charge on any atom is -0.496 e. The number of amides is 2. The molecule has 6 heteroatoms. The summed E-state index contributed by atoms with van der Waals surface area (Å²) in [5.74, 6) is 0.451. The van der Waals surface area contributed by atoms with Crippen molar-refractivity contribution in [3.63, 3.8) is 0 Å². The summed E-state index contributed by atoms with van der Waals surface area (Å²) in [5, 5.41) is 2.69. The lowest BCUT2D eigenvalue weighted by atomic mass is 10.00. The molecule has 1 N–H and O–H groups in total. The molecule has 0 aromatic heterocycles. The number of carbonyl (C=O) groups excluding carboxylic acids is 2. The molecule has 1 heterocycles. The number of rotatable bonds is 3. The van der Waals surface area contributed by atoms with Gasteiger partial charge in [0.2, 0.25) is 11.8 Å². The highest BCUT2D eigenvalue weighted by Gasteiger charge is 2.39. The molecule has 1 aromatic rings. The Balaban J connectivity index is 2.27. The number of ether oxygens (including phenoxy) is 1. The summed E-state index contributed by atoms with van der Waals surface area (Å²) in [6.45, 7) is 3.82. The molecule has 1 aliphatic heterocycles. The number of carbonyl (C=O) groups is 2. The molecule has 0 radical (unpaired) electrons. The van der Waals surface area contributed by atoms with Crippen molar-refractivity contribution in [3.8, 4) is 5.75 Å². The van der Waals surface area contributed by atoms with E-state index in [1.54, 1.807) is 25.9 Å². The summed E-state index contributed by atoms with van der Waals surface area (Å²) in [4.78, 5) is 25.6. The molecule has 2 rings (SSSR count). The highest BCUT2D eigenvalue weighted by atomic mass is 79.9. The Labute approximate surface area is 126 Å². The predicted molar refractivity (Wildman–Crippen MR) is 78.3 cm³/mol. The molecule has 0 atom stereocenters. The fourth-order valence-corrected chi connectivity index (χ4v) is 2.69. The molecule has 1 aromatic carbocycles. The summed E-state index contributed by atoms with van der Waals surface area (Å²) in [6.07, 6.45) is 0. The van der Waals surface area contributed by atoms with E-state index in [2.05, 4.69) is 21.2 Å². The third-order valence-corrected chi connectivity index (χ3v) is 3.71. The van der Waals surface area contributed by atoms with Gasteiger partial charge in [0.1, 0.15) is 11.3 Å². The molecule has 20 heavy (non-hydrogen) atoms. The lowest BCUT2D eigenvalue weighted by molar-refractivity contribution is -0.148. The Morgan fingerprint density at radius 1 is 1.40 bits per heavy atom. The van der Waals surface area contributed by atoms with Crippen molar-refractivity contribution in [2.45, 2.75) is 25.9 Å². The lowest BCUT2D eigenvalue weighted by Crippen LogP contribution is -2.63. The van der Waals surface area contributed by atoms with E-state index in [1.807, 2.05) is 18.2 Å². The van der Waals surface area contributed by atoms with Crippen molar-refractivity contribution in [1.82, 2.24) is 10.2 Å². The van der Waals surface area contributed by atoms with Gasteiger partial charge in [-0.25, -0.2) is 0 Å². The molecule has 1 aliphatic rings. The first-order chi connectivity index (χ1) is 9.33. The van der Waals surface area contributed by atoms with Crippen LogP contribution in [0.3, 0.4) is 0 Å². The maximum atomic E-state index is 12.3. The zero-order valence-electron chi connectivity index (χ0n) is 11.7. The number of halogens is 1. The fourth-order valence-electron chi connectivity index (χ4n) is 2.29. The lowest BCUT2D eigenvalue weighted by Gasteiger charge is -2.37. The Hall–Kier alpha value is -1.56. The van der Waals surface area contributed by atoms with E-state index in [9.17, 15) is 9.59 Å². The van der Waals surface area contributed by atoms with Crippen molar-refractivity contribution >= 4 is 27.7 Å². The van der Waals surface area contributed by atoms with E-state index in [0.717, 1.165) is 10.0 Å². The molecule has 0 bridgehead atoms. The molecule has 0 spiro atoms. The number of methoxy groups -OCH3 is 1. The first kappa shape index (κ1) is 14.8. The Bertz CT molecular complexity index is 557. The third kappa shape index (κ3) is 2.95. The first-order valence-electron chi connectivity index (χ1n) is 6.26. The van der Waals surface area contributed by atoms with Gasteiger partial charge in [0.25, 0.3) is 0 Å². The average Bonchev–Trinajstić information content (AvgIpc) is 2.35. The topological polar surface area (TPSA) is 58.6 Å². The summed E-state index contributed by atoms with van der Waals surface area (Å²) in [7, 11) is 1.58. The van der Waals surface area contributed by atoms with Gasteiger partial charge in [-0.05, 0) is 32.0 Å². The maximum absolute atomic E-state index is 12.3. The number of hydrogen-bond acceptors (Lipinski definition) is 3. The largest absolute Gasteiger partial charge is 0.496 e. The van der Waals surface area contributed by atoms with Gasteiger partial charge in [0.05, 0.1) is 13.7 Å². The van der Waals surface area contributed by atoms with Crippen molar-refractivity contribution in [3.05, 3.63) is 28.2 Å². The number of piperazine rings is 1. The van der Waals surface area contributed by atoms with Crippen molar-refractivity contribution in [1.29, 1.82) is 0 Å². The van der Waals surface area contributed by atoms with Crippen LogP contribution in [0.25, 0.3) is 0 Å². The molecule has 0 aliphatic carbocycles. The van der Waals surface area contributed by atoms with Crippen LogP contribution in [0, 0.1) is 0 Å². The van der Waals surface area contributed by atoms with E-state index in [0.29, 0.717) is 12.3 Å². The summed E-state index contributed by atoms with van der Waals surface area (Å²) in [5.41, 5.74) is -0.00470. The molecular formula is C14H17BrN2O3. The van der Waals surface area contributed by atoms with Crippen LogP contribution in [0.1, 0.15) is 19.4 Å². The Morgan fingerprint density at radius 2 is 2.10 bits per heavy atom. The molecule has 5 nitrogen and oxygen atoms in total. The average molecular weight is 341 g/mol. The second-order valence-corrected chi connectivity index (χ2v) is 6.21. The second-order valence-electron chi connectivity index (χ2n) is 5.29. The number of benzene rings is 1. The molecule has 108 valence electrons. The number of nitrogens with one attached hydrogen (secondary N) is 1. The molecule has 1 fully saturated rings. The smallest absolute Gasteiger partial charge is 0.248 e. The Morgan fingerprint density at radius 3 is 2.75 bits per heavy atom. The molecule has 1 saturated heterocycles. The normalized spacial score (nSPS) is 17.9. The second kappa shape index (κ2) is 5.44. The quantitative estimate of drug-likeness (QED) is 0.910. The first-order valence-corrected chi connectivity index (χ1v) is 7.05. The minimum absolute atomic E-state index is 0.0674. The third-order valence-electron chi connectivity index (χ3n) is 3.21. The van der Waals surface area contributed by atoms with Crippen molar-refractivity contribution < 1.29 is 14.3 Å². The standard InChI is InChI=1S/C14H17BrN2O3/c1-14(2)13(19)17(8-12(18)16-14)7-9-6-10(15)4-5-11(9)20-3/h4-6H,7-8H2,1-3H3,(H,16,18). The van der Waals surface area contributed by atoms with Crippen LogP contribution in [0.4, 0.5) is 0 Å².